The van der Waals surface area contributed by atoms with E-state index in [0.717, 1.165) is 38.5 Å². The van der Waals surface area contributed by atoms with Crippen LogP contribution in [0.15, 0.2) is 0 Å². The molecule has 0 bridgehead atoms. The number of unbranched alkanes of at least 4 members (excludes halogenated alkanes) is 5. The SMILES string of the molecule is COC(=O)CCCCCCCCO[C@H]1O[C@H](CO)[C@@H](O)[C@H](O)[C@@H]1O. The van der Waals surface area contributed by atoms with Crippen molar-refractivity contribution in [3.63, 3.8) is 0 Å². The van der Waals surface area contributed by atoms with Gasteiger partial charge in [-0.05, 0) is 12.8 Å². The van der Waals surface area contributed by atoms with Crippen LogP contribution in [0.2, 0.25) is 0 Å². The quantitative estimate of drug-likeness (QED) is 0.296. The van der Waals surface area contributed by atoms with Crippen molar-refractivity contribution in [2.24, 2.45) is 0 Å². The Kier molecular flexibility index (Phi) is 10.4. The van der Waals surface area contributed by atoms with Crippen molar-refractivity contribution >= 4 is 5.97 Å². The van der Waals surface area contributed by atoms with Crippen molar-refractivity contribution < 1.29 is 39.4 Å². The normalized spacial score (nSPS) is 30.3. The Bertz CT molecular complexity index is 349. The van der Waals surface area contributed by atoms with Crippen LogP contribution < -0.4 is 0 Å². The van der Waals surface area contributed by atoms with Crippen LogP contribution in [-0.4, -0.2) is 77.4 Å². The molecule has 1 rings (SSSR count). The second-order valence-corrected chi connectivity index (χ2v) is 6.02. The molecule has 0 amide bonds. The number of methoxy groups -OCH3 is 1. The summed E-state index contributed by atoms with van der Waals surface area (Å²) in [6.45, 7) is -0.110. The summed E-state index contributed by atoms with van der Waals surface area (Å²) in [5.41, 5.74) is 0. The van der Waals surface area contributed by atoms with Crippen LogP contribution in [0.3, 0.4) is 0 Å². The van der Waals surface area contributed by atoms with Crippen LogP contribution in [-0.2, 0) is 19.0 Å². The molecule has 5 atom stereocenters. The molecule has 1 fully saturated rings. The molecule has 24 heavy (non-hydrogen) atoms. The van der Waals surface area contributed by atoms with Gasteiger partial charge in [-0.15, -0.1) is 0 Å². The van der Waals surface area contributed by atoms with Gasteiger partial charge in [0.2, 0.25) is 0 Å². The summed E-state index contributed by atoms with van der Waals surface area (Å²) in [5, 5.41) is 38.2. The number of aliphatic hydroxyl groups excluding tert-OH is 4. The third-order valence-corrected chi connectivity index (χ3v) is 4.13. The molecule has 142 valence electrons. The van der Waals surface area contributed by atoms with Crippen LogP contribution in [0.4, 0.5) is 0 Å². The minimum atomic E-state index is -1.41. The maximum Gasteiger partial charge on any atom is 0.305 e. The largest absolute Gasteiger partial charge is 0.469 e. The van der Waals surface area contributed by atoms with E-state index in [1.165, 1.54) is 7.11 Å². The zero-order chi connectivity index (χ0) is 17.9. The van der Waals surface area contributed by atoms with E-state index >= 15 is 0 Å². The molecule has 0 radical (unpaired) electrons. The summed E-state index contributed by atoms with van der Waals surface area (Å²) in [6.07, 6.45) is -0.110. The van der Waals surface area contributed by atoms with E-state index in [0.29, 0.717) is 13.0 Å². The van der Waals surface area contributed by atoms with Crippen LogP contribution in [0.5, 0.6) is 0 Å². The summed E-state index contributed by atoms with van der Waals surface area (Å²) >= 11 is 0. The van der Waals surface area contributed by atoms with Gasteiger partial charge in [-0.3, -0.25) is 4.79 Å². The van der Waals surface area contributed by atoms with Crippen molar-refractivity contribution in [3.8, 4) is 0 Å². The van der Waals surface area contributed by atoms with Gasteiger partial charge in [-0.1, -0.05) is 25.7 Å². The number of hydrogen-bond donors (Lipinski definition) is 4. The van der Waals surface area contributed by atoms with Gasteiger partial charge in [0, 0.05) is 13.0 Å². The number of aliphatic hydroxyl groups is 4. The Hall–Kier alpha value is -0.770. The van der Waals surface area contributed by atoms with E-state index in [1.54, 1.807) is 0 Å². The highest BCUT2D eigenvalue weighted by Crippen LogP contribution is 2.22. The van der Waals surface area contributed by atoms with Crippen LogP contribution in [0.25, 0.3) is 0 Å². The summed E-state index contributed by atoms with van der Waals surface area (Å²) in [6, 6.07) is 0. The van der Waals surface area contributed by atoms with E-state index in [2.05, 4.69) is 4.74 Å². The van der Waals surface area contributed by atoms with Gasteiger partial charge in [0.05, 0.1) is 13.7 Å². The topological polar surface area (TPSA) is 126 Å². The average Bonchev–Trinajstić information content (AvgIpc) is 2.59. The van der Waals surface area contributed by atoms with E-state index in [4.69, 9.17) is 14.6 Å². The van der Waals surface area contributed by atoms with Crippen LogP contribution in [0, 0.1) is 0 Å². The van der Waals surface area contributed by atoms with Gasteiger partial charge in [0.25, 0.3) is 0 Å². The molecule has 8 nitrogen and oxygen atoms in total. The molecule has 8 heteroatoms. The Labute approximate surface area is 142 Å². The molecule has 1 aliphatic heterocycles. The smallest absolute Gasteiger partial charge is 0.305 e. The molecule has 0 aromatic rings. The van der Waals surface area contributed by atoms with Gasteiger partial charge < -0.3 is 34.6 Å². The minimum Gasteiger partial charge on any atom is -0.469 e. The van der Waals surface area contributed by atoms with Crippen LogP contribution in [0.1, 0.15) is 44.9 Å². The molecule has 1 heterocycles. The van der Waals surface area contributed by atoms with Crippen molar-refractivity contribution in [2.45, 2.75) is 75.7 Å². The molecular formula is C16H30O8. The van der Waals surface area contributed by atoms with Crippen molar-refractivity contribution in [1.82, 2.24) is 0 Å². The van der Waals surface area contributed by atoms with Gasteiger partial charge >= 0.3 is 5.97 Å². The van der Waals surface area contributed by atoms with E-state index in [1.807, 2.05) is 0 Å². The number of rotatable bonds is 11. The Morgan fingerprint density at radius 1 is 0.958 bits per heavy atom. The summed E-state index contributed by atoms with van der Waals surface area (Å²) in [5.74, 6) is -0.178. The predicted octanol–water partition coefficient (Wildman–Crippen LogP) is -0.293. The zero-order valence-electron chi connectivity index (χ0n) is 14.2. The molecule has 0 unspecified atom stereocenters. The number of hydrogen-bond acceptors (Lipinski definition) is 8. The molecule has 0 aliphatic carbocycles. The van der Waals surface area contributed by atoms with Crippen molar-refractivity contribution in [3.05, 3.63) is 0 Å². The minimum absolute atomic E-state index is 0.178. The zero-order valence-corrected chi connectivity index (χ0v) is 14.2. The lowest BCUT2D eigenvalue weighted by Crippen LogP contribution is -2.59. The molecule has 0 aromatic carbocycles. The summed E-state index contributed by atoms with van der Waals surface area (Å²) in [7, 11) is 1.39. The highest BCUT2D eigenvalue weighted by atomic mass is 16.7. The Balaban J connectivity index is 2.07. The highest BCUT2D eigenvalue weighted by molar-refractivity contribution is 5.68. The Morgan fingerprint density at radius 2 is 1.58 bits per heavy atom. The number of ether oxygens (including phenoxy) is 3. The maximum atomic E-state index is 10.9. The van der Waals surface area contributed by atoms with E-state index < -0.39 is 37.3 Å². The fourth-order valence-electron chi connectivity index (χ4n) is 2.59. The maximum absolute atomic E-state index is 10.9. The predicted molar refractivity (Wildman–Crippen MR) is 84.1 cm³/mol. The van der Waals surface area contributed by atoms with Gasteiger partial charge in [0.1, 0.15) is 24.4 Å². The monoisotopic (exact) mass is 350 g/mol. The third kappa shape index (κ3) is 7.00. The molecule has 4 N–H and O–H groups in total. The third-order valence-electron chi connectivity index (χ3n) is 4.13. The second kappa shape index (κ2) is 11.7. The molecule has 1 aliphatic rings. The first-order valence-corrected chi connectivity index (χ1v) is 8.50. The van der Waals surface area contributed by atoms with Crippen molar-refractivity contribution in [1.29, 1.82) is 0 Å². The van der Waals surface area contributed by atoms with Gasteiger partial charge in [0.15, 0.2) is 6.29 Å². The highest BCUT2D eigenvalue weighted by Gasteiger charge is 2.43. The number of carbonyl (C=O) groups is 1. The second-order valence-electron chi connectivity index (χ2n) is 6.02. The average molecular weight is 350 g/mol. The summed E-state index contributed by atoms with van der Waals surface area (Å²) < 4.78 is 15.2. The van der Waals surface area contributed by atoms with Crippen LogP contribution >= 0.6 is 0 Å². The van der Waals surface area contributed by atoms with E-state index in [-0.39, 0.29) is 5.97 Å². The lowest BCUT2D eigenvalue weighted by molar-refractivity contribution is -0.301. The number of carbonyl (C=O) groups excluding carboxylic acids is 1. The molecular weight excluding hydrogens is 320 g/mol. The first-order valence-electron chi connectivity index (χ1n) is 8.50. The first kappa shape index (κ1) is 21.3. The fourth-order valence-corrected chi connectivity index (χ4v) is 2.59. The first-order chi connectivity index (χ1) is 11.5. The molecule has 0 spiro atoms. The van der Waals surface area contributed by atoms with E-state index in [9.17, 15) is 20.1 Å². The molecule has 1 saturated heterocycles. The van der Waals surface area contributed by atoms with Crippen molar-refractivity contribution in [2.75, 3.05) is 20.3 Å². The standard InChI is InChI=1S/C16H30O8/c1-22-12(18)8-6-4-2-3-5-7-9-23-16-15(21)14(20)13(19)11(10-17)24-16/h11,13-17,19-21H,2-10H2,1H3/t11-,13-,14+,15+,16+/m1/s1. The number of esters is 1. The van der Waals surface area contributed by atoms with Gasteiger partial charge in [-0.2, -0.15) is 0 Å². The Morgan fingerprint density at radius 3 is 2.21 bits per heavy atom. The lowest BCUT2D eigenvalue weighted by Gasteiger charge is -2.39. The lowest BCUT2D eigenvalue weighted by atomic mass is 9.99. The fraction of sp³-hybridized carbons (Fsp3) is 0.938. The van der Waals surface area contributed by atoms with Gasteiger partial charge in [-0.25, -0.2) is 0 Å². The molecule has 0 aromatic heterocycles. The molecule has 0 saturated carbocycles. The summed E-state index contributed by atoms with van der Waals surface area (Å²) in [4.78, 5) is 10.9.